The lowest BCUT2D eigenvalue weighted by atomic mass is 9.87. The van der Waals surface area contributed by atoms with E-state index in [0.29, 0.717) is 18.0 Å². The zero-order valence-corrected chi connectivity index (χ0v) is 10.2. The van der Waals surface area contributed by atoms with Crippen LogP contribution in [0.3, 0.4) is 0 Å². The minimum absolute atomic E-state index is 0.461. The summed E-state index contributed by atoms with van der Waals surface area (Å²) in [6.07, 6.45) is 8.98. The second-order valence-corrected chi connectivity index (χ2v) is 4.93. The number of allylic oxidation sites excluding steroid dienone is 2. The minimum Gasteiger partial charge on any atom is -0.316 e. The van der Waals surface area contributed by atoms with Gasteiger partial charge in [0.2, 0.25) is 0 Å². The molecule has 0 aromatic rings. The van der Waals surface area contributed by atoms with Crippen LogP contribution in [-0.4, -0.2) is 37.6 Å². The summed E-state index contributed by atoms with van der Waals surface area (Å²) in [4.78, 5) is 2.41. The Morgan fingerprint density at radius 2 is 2.33 bits per heavy atom. The number of halogens is 1. The van der Waals surface area contributed by atoms with Crippen molar-refractivity contribution < 1.29 is 0 Å². The summed E-state index contributed by atoms with van der Waals surface area (Å²) in [5.41, 5.74) is 0. The summed E-state index contributed by atoms with van der Waals surface area (Å²) in [6.45, 7) is 1.16. The third-order valence-electron chi connectivity index (χ3n) is 3.57. The number of rotatable bonds is 1. The zero-order chi connectivity index (χ0) is 10.8. The van der Waals surface area contributed by atoms with Crippen LogP contribution in [0.25, 0.3) is 0 Å². The first kappa shape index (κ1) is 11.2. The van der Waals surface area contributed by atoms with Gasteiger partial charge in [-0.15, -0.1) is 0 Å². The number of hydrogen-bond donors (Lipinski definition) is 1. The van der Waals surface area contributed by atoms with Crippen LogP contribution >= 0.6 is 11.6 Å². The molecule has 1 saturated heterocycles. The Labute approximate surface area is 97.0 Å². The van der Waals surface area contributed by atoms with Gasteiger partial charge in [0.1, 0.15) is 0 Å². The Hall–Kier alpha value is -0.310. The van der Waals surface area contributed by atoms with Crippen molar-refractivity contribution in [2.45, 2.75) is 24.9 Å². The van der Waals surface area contributed by atoms with Crippen molar-refractivity contribution >= 4 is 11.6 Å². The van der Waals surface area contributed by atoms with Gasteiger partial charge in [-0.05, 0) is 45.6 Å². The summed E-state index contributed by atoms with van der Waals surface area (Å²) in [5.74, 6) is 0.560. The lowest BCUT2D eigenvalue weighted by Crippen LogP contribution is -2.43. The van der Waals surface area contributed by atoms with Crippen molar-refractivity contribution in [3.8, 4) is 0 Å². The Morgan fingerprint density at radius 3 is 3.07 bits per heavy atom. The molecule has 1 aliphatic carbocycles. The molecule has 0 amide bonds. The van der Waals surface area contributed by atoms with Gasteiger partial charge in [0.15, 0.2) is 0 Å². The van der Waals surface area contributed by atoms with Crippen LogP contribution in [-0.2, 0) is 0 Å². The third kappa shape index (κ3) is 2.27. The van der Waals surface area contributed by atoms with Crippen LogP contribution in [0.15, 0.2) is 23.3 Å². The molecule has 0 saturated carbocycles. The van der Waals surface area contributed by atoms with Gasteiger partial charge in [-0.3, -0.25) is 4.90 Å². The molecule has 15 heavy (non-hydrogen) atoms. The highest BCUT2D eigenvalue weighted by molar-refractivity contribution is 6.31. The fraction of sp³-hybridized carbons (Fsp3) is 0.667. The molecule has 0 aromatic carbocycles. The van der Waals surface area contributed by atoms with Crippen LogP contribution < -0.4 is 5.32 Å². The molecule has 2 nitrogen and oxygen atoms in total. The maximum absolute atomic E-state index is 6.07. The second-order valence-electron chi connectivity index (χ2n) is 4.50. The van der Waals surface area contributed by atoms with E-state index in [2.05, 4.69) is 36.5 Å². The monoisotopic (exact) mass is 226 g/mol. The van der Waals surface area contributed by atoms with Gasteiger partial charge in [-0.1, -0.05) is 17.7 Å². The Bertz CT molecular complexity index is 285. The smallest absolute Gasteiger partial charge is 0.0378 e. The molecule has 3 atom stereocenters. The Balaban J connectivity index is 2.23. The van der Waals surface area contributed by atoms with Crippen molar-refractivity contribution in [1.29, 1.82) is 0 Å². The summed E-state index contributed by atoms with van der Waals surface area (Å²) >= 11 is 6.07. The molecule has 2 aliphatic rings. The van der Waals surface area contributed by atoms with E-state index in [1.807, 2.05) is 6.08 Å². The zero-order valence-electron chi connectivity index (χ0n) is 9.41. The number of likely N-dealkylation sites (tertiary alicyclic amines) is 1. The number of nitrogens with one attached hydrogen (secondary N) is 1. The van der Waals surface area contributed by atoms with Gasteiger partial charge in [0.05, 0.1) is 0 Å². The van der Waals surface area contributed by atoms with Crippen LogP contribution in [0.2, 0.25) is 0 Å². The highest BCUT2D eigenvalue weighted by Crippen LogP contribution is 2.29. The molecule has 0 bridgehead atoms. The molecule has 2 rings (SSSR count). The van der Waals surface area contributed by atoms with Gasteiger partial charge in [0, 0.05) is 23.0 Å². The van der Waals surface area contributed by atoms with Crippen molar-refractivity contribution in [3.05, 3.63) is 23.3 Å². The average molecular weight is 227 g/mol. The molecule has 84 valence electrons. The quantitative estimate of drug-likeness (QED) is 0.736. The topological polar surface area (TPSA) is 15.3 Å². The summed E-state index contributed by atoms with van der Waals surface area (Å²) < 4.78 is 0. The second kappa shape index (κ2) is 4.69. The van der Waals surface area contributed by atoms with Crippen LogP contribution in [0.5, 0.6) is 0 Å². The minimum atomic E-state index is 0.461. The first-order chi connectivity index (χ1) is 7.22. The van der Waals surface area contributed by atoms with Crippen molar-refractivity contribution in [2.75, 3.05) is 20.6 Å². The van der Waals surface area contributed by atoms with E-state index in [1.165, 1.54) is 12.8 Å². The van der Waals surface area contributed by atoms with Crippen LogP contribution in [0.4, 0.5) is 0 Å². The highest BCUT2D eigenvalue weighted by atomic mass is 35.5. The molecule has 0 spiro atoms. The van der Waals surface area contributed by atoms with Gasteiger partial charge in [-0.25, -0.2) is 0 Å². The van der Waals surface area contributed by atoms with E-state index in [0.717, 1.165) is 11.6 Å². The van der Waals surface area contributed by atoms with E-state index < -0.39 is 0 Å². The molecule has 3 heteroatoms. The van der Waals surface area contributed by atoms with E-state index in [1.54, 1.807) is 0 Å². The molecule has 0 aromatic heterocycles. The largest absolute Gasteiger partial charge is 0.316 e. The fourth-order valence-electron chi connectivity index (χ4n) is 2.68. The molecule has 0 radical (unpaired) electrons. The van der Waals surface area contributed by atoms with E-state index >= 15 is 0 Å². The molecule has 1 aliphatic heterocycles. The predicted octanol–water partition coefficient (Wildman–Crippen LogP) is 1.98. The SMILES string of the molecule is CNC1CCCN(C)C2C=C(Cl)C=CC12. The number of hydrogen-bond acceptors (Lipinski definition) is 2. The molecule has 1 N–H and O–H groups in total. The first-order valence-electron chi connectivity index (χ1n) is 5.65. The highest BCUT2D eigenvalue weighted by Gasteiger charge is 2.32. The number of likely N-dealkylation sites (N-methyl/N-ethyl adjacent to an activating group) is 1. The summed E-state index contributed by atoms with van der Waals surface area (Å²) in [7, 11) is 4.25. The lowest BCUT2D eigenvalue weighted by Gasteiger charge is -2.34. The first-order valence-corrected chi connectivity index (χ1v) is 6.03. The van der Waals surface area contributed by atoms with Gasteiger partial charge >= 0.3 is 0 Å². The Morgan fingerprint density at radius 1 is 1.53 bits per heavy atom. The normalized spacial score (nSPS) is 37.0. The van der Waals surface area contributed by atoms with Crippen molar-refractivity contribution in [2.24, 2.45) is 5.92 Å². The number of fused-ring (bicyclic) bond motifs is 1. The number of nitrogens with zero attached hydrogens (tertiary/aromatic N) is 1. The van der Waals surface area contributed by atoms with Crippen LogP contribution in [0.1, 0.15) is 12.8 Å². The van der Waals surface area contributed by atoms with E-state index in [9.17, 15) is 0 Å². The van der Waals surface area contributed by atoms with E-state index in [4.69, 9.17) is 11.6 Å². The van der Waals surface area contributed by atoms with Gasteiger partial charge < -0.3 is 5.32 Å². The molecular formula is C12H19ClN2. The predicted molar refractivity (Wildman–Crippen MR) is 65.1 cm³/mol. The molecule has 3 unspecified atom stereocenters. The molecule has 1 heterocycles. The van der Waals surface area contributed by atoms with Gasteiger partial charge in [0.25, 0.3) is 0 Å². The van der Waals surface area contributed by atoms with Gasteiger partial charge in [-0.2, -0.15) is 0 Å². The summed E-state index contributed by atoms with van der Waals surface area (Å²) in [6, 6.07) is 1.04. The van der Waals surface area contributed by atoms with E-state index in [-0.39, 0.29) is 0 Å². The Kier molecular flexibility index (Phi) is 3.49. The maximum Gasteiger partial charge on any atom is 0.0378 e. The standard InChI is InChI=1S/C12H19ClN2/c1-14-11-4-3-7-15(2)12-8-9(13)5-6-10(11)12/h5-6,8,10-12,14H,3-4,7H2,1-2H3. The van der Waals surface area contributed by atoms with Crippen molar-refractivity contribution in [1.82, 2.24) is 10.2 Å². The lowest BCUT2D eigenvalue weighted by molar-refractivity contribution is 0.241. The fourth-order valence-corrected chi connectivity index (χ4v) is 2.88. The van der Waals surface area contributed by atoms with Crippen molar-refractivity contribution in [3.63, 3.8) is 0 Å². The molecular weight excluding hydrogens is 208 g/mol. The maximum atomic E-state index is 6.07. The molecule has 1 fully saturated rings. The van der Waals surface area contributed by atoms with Crippen LogP contribution in [0, 0.1) is 5.92 Å². The third-order valence-corrected chi connectivity index (χ3v) is 3.82. The average Bonchev–Trinajstić information content (AvgIpc) is 2.38. The summed E-state index contributed by atoms with van der Waals surface area (Å²) in [5, 5.41) is 4.30.